The van der Waals surface area contributed by atoms with E-state index in [4.69, 9.17) is 9.15 Å². The van der Waals surface area contributed by atoms with Crippen LogP contribution in [0.1, 0.15) is 29.7 Å². The van der Waals surface area contributed by atoms with E-state index < -0.39 is 17.8 Å². The summed E-state index contributed by atoms with van der Waals surface area (Å²) < 4.78 is 12.2. The fourth-order valence-corrected chi connectivity index (χ4v) is 3.09. The standard InChI is InChI=1S/C19H16BrNO5/c1-2-25-18(23)15(11-16(22)12-6-4-3-5-7-12)21-14-10-13(20)8-9-17(14)26-19(21)24/h3-10,15H,2,11H2,1H3. The summed E-state index contributed by atoms with van der Waals surface area (Å²) in [5.41, 5.74) is 1.21. The summed E-state index contributed by atoms with van der Waals surface area (Å²) in [5.74, 6) is -1.63. The van der Waals surface area contributed by atoms with E-state index in [1.807, 2.05) is 0 Å². The van der Waals surface area contributed by atoms with Gasteiger partial charge in [0, 0.05) is 16.5 Å². The highest BCUT2D eigenvalue weighted by Crippen LogP contribution is 2.25. The molecule has 0 fully saturated rings. The van der Waals surface area contributed by atoms with Crippen LogP contribution in [0.5, 0.6) is 0 Å². The van der Waals surface area contributed by atoms with Crippen LogP contribution in [0, 0.1) is 0 Å². The highest BCUT2D eigenvalue weighted by molar-refractivity contribution is 9.10. The number of nitrogens with zero attached hydrogens (tertiary/aromatic N) is 1. The molecule has 1 aromatic heterocycles. The molecule has 3 rings (SSSR count). The number of ether oxygens (including phenoxy) is 1. The lowest BCUT2D eigenvalue weighted by atomic mass is 10.0. The van der Waals surface area contributed by atoms with Crippen molar-refractivity contribution >= 4 is 38.8 Å². The molecule has 1 heterocycles. The van der Waals surface area contributed by atoms with Crippen LogP contribution in [0.4, 0.5) is 0 Å². The van der Waals surface area contributed by atoms with Gasteiger partial charge in [0.2, 0.25) is 0 Å². The summed E-state index contributed by atoms with van der Waals surface area (Å²) in [6.45, 7) is 1.81. The molecule has 0 amide bonds. The zero-order valence-corrected chi connectivity index (χ0v) is 15.6. The summed E-state index contributed by atoms with van der Waals surface area (Å²) in [5, 5.41) is 0. The molecule has 0 N–H and O–H groups in total. The van der Waals surface area contributed by atoms with Crippen molar-refractivity contribution in [2.45, 2.75) is 19.4 Å². The van der Waals surface area contributed by atoms with E-state index >= 15 is 0 Å². The molecule has 0 radical (unpaired) electrons. The largest absolute Gasteiger partial charge is 0.464 e. The summed E-state index contributed by atoms with van der Waals surface area (Å²) in [6.07, 6.45) is -0.204. The Morgan fingerprint density at radius 2 is 1.92 bits per heavy atom. The number of halogens is 1. The summed E-state index contributed by atoms with van der Waals surface area (Å²) in [6, 6.07) is 12.5. The van der Waals surface area contributed by atoms with Gasteiger partial charge in [-0.15, -0.1) is 0 Å². The molecule has 0 aliphatic carbocycles. The van der Waals surface area contributed by atoms with Crippen LogP contribution >= 0.6 is 15.9 Å². The van der Waals surface area contributed by atoms with Crippen LogP contribution in [0.15, 0.2) is 62.2 Å². The lowest BCUT2D eigenvalue weighted by Gasteiger charge is -2.16. The first kappa shape index (κ1) is 18.1. The Hall–Kier alpha value is -2.67. The van der Waals surface area contributed by atoms with E-state index in [2.05, 4.69) is 15.9 Å². The Balaban J connectivity index is 2.06. The first-order valence-electron chi connectivity index (χ1n) is 8.06. The SMILES string of the molecule is CCOC(=O)C(CC(=O)c1ccccc1)n1c(=O)oc2ccc(Br)cc21. The van der Waals surface area contributed by atoms with Gasteiger partial charge in [0.15, 0.2) is 11.4 Å². The number of Topliss-reactive ketones (excluding diaryl/α,β-unsaturated/α-hetero) is 1. The molecule has 134 valence electrons. The maximum Gasteiger partial charge on any atom is 0.420 e. The molecule has 0 saturated heterocycles. The van der Waals surface area contributed by atoms with E-state index in [1.54, 1.807) is 55.5 Å². The number of ketones is 1. The summed E-state index contributed by atoms with van der Waals surface area (Å²) >= 11 is 3.34. The van der Waals surface area contributed by atoms with Crippen molar-refractivity contribution in [3.8, 4) is 0 Å². The zero-order chi connectivity index (χ0) is 18.7. The van der Waals surface area contributed by atoms with Crippen LogP contribution in [0.2, 0.25) is 0 Å². The number of oxazole rings is 1. The molecule has 0 saturated carbocycles. The van der Waals surface area contributed by atoms with E-state index in [0.717, 1.165) is 4.47 Å². The number of benzene rings is 2. The second kappa shape index (κ2) is 7.70. The average Bonchev–Trinajstić information content (AvgIpc) is 2.95. The molecule has 26 heavy (non-hydrogen) atoms. The predicted octanol–water partition coefficient (Wildman–Crippen LogP) is 3.73. The first-order valence-corrected chi connectivity index (χ1v) is 8.86. The number of esters is 1. The Morgan fingerprint density at radius 1 is 1.19 bits per heavy atom. The maximum absolute atomic E-state index is 12.6. The van der Waals surface area contributed by atoms with Crippen molar-refractivity contribution in [1.82, 2.24) is 4.57 Å². The number of hydrogen-bond donors (Lipinski definition) is 0. The van der Waals surface area contributed by atoms with Crippen molar-refractivity contribution < 1.29 is 18.7 Å². The van der Waals surface area contributed by atoms with Gasteiger partial charge in [-0.1, -0.05) is 46.3 Å². The number of rotatable bonds is 6. The number of carbonyl (C=O) groups is 2. The molecule has 2 aromatic carbocycles. The second-order valence-electron chi connectivity index (χ2n) is 5.61. The van der Waals surface area contributed by atoms with Gasteiger partial charge in [-0.3, -0.25) is 9.36 Å². The summed E-state index contributed by atoms with van der Waals surface area (Å²) in [7, 11) is 0. The Labute approximate surface area is 157 Å². The van der Waals surface area contributed by atoms with Crippen LogP contribution in [-0.4, -0.2) is 22.9 Å². The monoisotopic (exact) mass is 417 g/mol. The molecule has 3 aromatic rings. The van der Waals surface area contributed by atoms with Gasteiger partial charge in [-0.05, 0) is 25.1 Å². The average molecular weight is 418 g/mol. The number of fused-ring (bicyclic) bond motifs is 1. The molecule has 7 heteroatoms. The van der Waals surface area contributed by atoms with Crippen LogP contribution in [-0.2, 0) is 9.53 Å². The molecule has 1 atom stereocenters. The third kappa shape index (κ3) is 3.62. The minimum atomic E-state index is -1.11. The summed E-state index contributed by atoms with van der Waals surface area (Å²) in [4.78, 5) is 37.5. The van der Waals surface area contributed by atoms with Crippen molar-refractivity contribution in [3.05, 3.63) is 69.1 Å². The Bertz CT molecular complexity index is 1010. The minimum Gasteiger partial charge on any atom is -0.464 e. The van der Waals surface area contributed by atoms with E-state index in [1.165, 1.54) is 4.57 Å². The molecule has 0 spiro atoms. The van der Waals surface area contributed by atoms with Gasteiger partial charge in [0.05, 0.1) is 12.1 Å². The molecule has 0 bridgehead atoms. The lowest BCUT2D eigenvalue weighted by molar-refractivity contribution is -0.147. The Kier molecular flexibility index (Phi) is 5.37. The van der Waals surface area contributed by atoms with Gasteiger partial charge in [-0.2, -0.15) is 0 Å². The van der Waals surface area contributed by atoms with Gasteiger partial charge >= 0.3 is 11.7 Å². The number of hydrogen-bond acceptors (Lipinski definition) is 5. The highest BCUT2D eigenvalue weighted by atomic mass is 79.9. The van der Waals surface area contributed by atoms with Gasteiger partial charge < -0.3 is 9.15 Å². The van der Waals surface area contributed by atoms with E-state index in [-0.39, 0.29) is 18.8 Å². The molecule has 6 nitrogen and oxygen atoms in total. The predicted molar refractivity (Wildman–Crippen MR) is 99.2 cm³/mol. The van der Waals surface area contributed by atoms with Crippen LogP contribution in [0.25, 0.3) is 11.1 Å². The number of carbonyl (C=O) groups excluding carboxylic acids is 2. The molecular weight excluding hydrogens is 402 g/mol. The lowest BCUT2D eigenvalue weighted by Crippen LogP contribution is -2.30. The first-order chi connectivity index (χ1) is 12.5. The Morgan fingerprint density at radius 3 is 2.62 bits per heavy atom. The van der Waals surface area contributed by atoms with Crippen LogP contribution < -0.4 is 5.76 Å². The fraction of sp³-hybridized carbons (Fsp3) is 0.211. The third-order valence-electron chi connectivity index (χ3n) is 3.92. The molecule has 1 unspecified atom stereocenters. The molecule has 0 aliphatic heterocycles. The fourth-order valence-electron chi connectivity index (χ4n) is 2.74. The van der Waals surface area contributed by atoms with E-state index in [9.17, 15) is 14.4 Å². The van der Waals surface area contributed by atoms with Crippen molar-refractivity contribution in [2.24, 2.45) is 0 Å². The van der Waals surface area contributed by atoms with Crippen molar-refractivity contribution in [3.63, 3.8) is 0 Å². The molecule has 0 aliphatic rings. The van der Waals surface area contributed by atoms with E-state index in [0.29, 0.717) is 16.7 Å². The smallest absolute Gasteiger partial charge is 0.420 e. The normalized spacial score (nSPS) is 12.1. The maximum atomic E-state index is 12.6. The van der Waals surface area contributed by atoms with Crippen LogP contribution in [0.3, 0.4) is 0 Å². The number of aromatic nitrogens is 1. The van der Waals surface area contributed by atoms with Crippen molar-refractivity contribution in [2.75, 3.05) is 6.61 Å². The third-order valence-corrected chi connectivity index (χ3v) is 4.41. The van der Waals surface area contributed by atoms with Gasteiger partial charge in [0.1, 0.15) is 6.04 Å². The quantitative estimate of drug-likeness (QED) is 0.450. The second-order valence-corrected chi connectivity index (χ2v) is 6.53. The van der Waals surface area contributed by atoms with Crippen molar-refractivity contribution in [1.29, 1.82) is 0 Å². The highest BCUT2D eigenvalue weighted by Gasteiger charge is 2.29. The minimum absolute atomic E-state index is 0.142. The zero-order valence-electron chi connectivity index (χ0n) is 14.0. The van der Waals surface area contributed by atoms with Gasteiger partial charge in [-0.25, -0.2) is 9.59 Å². The topological polar surface area (TPSA) is 78.5 Å². The molecular formula is C19H16BrNO5. The van der Waals surface area contributed by atoms with Gasteiger partial charge in [0.25, 0.3) is 0 Å².